The summed E-state index contributed by atoms with van der Waals surface area (Å²) >= 11 is 0. The Hall–Kier alpha value is -1.85. The fourth-order valence-corrected chi connectivity index (χ4v) is 2.86. The van der Waals surface area contributed by atoms with Crippen molar-refractivity contribution in [3.63, 3.8) is 0 Å². The van der Waals surface area contributed by atoms with Crippen molar-refractivity contribution < 1.29 is 23.9 Å². The molecule has 2 aliphatic rings. The van der Waals surface area contributed by atoms with Gasteiger partial charge in [-0.1, -0.05) is 12.2 Å². The lowest BCUT2D eigenvalue weighted by Gasteiger charge is -2.30. The van der Waals surface area contributed by atoms with E-state index < -0.39 is 23.6 Å². The van der Waals surface area contributed by atoms with Crippen LogP contribution in [0.15, 0.2) is 12.2 Å². The largest absolute Gasteiger partial charge is 0.467 e. The van der Waals surface area contributed by atoms with Gasteiger partial charge in [-0.2, -0.15) is 0 Å². The quantitative estimate of drug-likeness (QED) is 0.564. The van der Waals surface area contributed by atoms with Crippen molar-refractivity contribution in [1.82, 2.24) is 4.90 Å². The number of fused-ring (bicyclic) bond motifs is 2. The van der Waals surface area contributed by atoms with Gasteiger partial charge in [-0.25, -0.2) is 9.59 Å². The SMILES string of the molecule is C/C=C/COC(=O)N1C2CCC1(C(=O)OC)CC2=O. The third-order valence-electron chi connectivity index (χ3n) is 3.74. The maximum absolute atomic E-state index is 12.1. The van der Waals surface area contributed by atoms with Gasteiger partial charge in [0.25, 0.3) is 0 Å². The Morgan fingerprint density at radius 1 is 1.53 bits per heavy atom. The number of rotatable bonds is 3. The maximum Gasteiger partial charge on any atom is 0.411 e. The van der Waals surface area contributed by atoms with Crippen molar-refractivity contribution in [2.24, 2.45) is 0 Å². The number of carbonyl (C=O) groups excluding carboxylic acids is 3. The molecule has 0 radical (unpaired) electrons. The Bertz CT molecular complexity index is 444. The van der Waals surface area contributed by atoms with Crippen LogP contribution in [0, 0.1) is 0 Å². The summed E-state index contributed by atoms with van der Waals surface area (Å²) in [5.74, 6) is -0.636. The van der Waals surface area contributed by atoms with Gasteiger partial charge in [0.1, 0.15) is 6.61 Å². The van der Waals surface area contributed by atoms with Gasteiger partial charge >= 0.3 is 12.1 Å². The van der Waals surface area contributed by atoms with E-state index in [4.69, 9.17) is 9.47 Å². The normalized spacial score (nSPS) is 29.1. The highest BCUT2D eigenvalue weighted by Gasteiger charge is 2.64. The minimum Gasteiger partial charge on any atom is -0.467 e. The third kappa shape index (κ3) is 2.01. The number of hydrogen-bond donors (Lipinski definition) is 0. The van der Waals surface area contributed by atoms with Crippen LogP contribution in [0.1, 0.15) is 26.2 Å². The summed E-state index contributed by atoms with van der Waals surface area (Å²) in [6.07, 6.45) is 3.79. The first kappa shape index (κ1) is 13.6. The second-order valence-electron chi connectivity index (χ2n) is 4.74. The average Bonchev–Trinajstić information content (AvgIpc) is 2.91. The number of nitrogens with zero attached hydrogens (tertiary/aromatic N) is 1. The zero-order valence-electron chi connectivity index (χ0n) is 11.0. The number of hydrogen-bond acceptors (Lipinski definition) is 5. The van der Waals surface area contributed by atoms with E-state index in [1.807, 2.05) is 6.92 Å². The number of amides is 1. The molecule has 2 aliphatic heterocycles. The topological polar surface area (TPSA) is 72.9 Å². The predicted octanol–water partition coefficient (Wildman–Crippen LogP) is 1.05. The van der Waals surface area contributed by atoms with Crippen molar-refractivity contribution in [2.75, 3.05) is 13.7 Å². The van der Waals surface area contributed by atoms with Gasteiger partial charge in [-0.05, 0) is 19.8 Å². The second-order valence-corrected chi connectivity index (χ2v) is 4.74. The molecule has 0 spiro atoms. The van der Waals surface area contributed by atoms with Gasteiger partial charge in [-0.3, -0.25) is 9.69 Å². The molecule has 2 heterocycles. The number of methoxy groups -OCH3 is 1. The summed E-state index contributed by atoms with van der Waals surface area (Å²) in [5.41, 5.74) is -1.15. The molecular weight excluding hydrogens is 250 g/mol. The molecule has 0 aliphatic carbocycles. The van der Waals surface area contributed by atoms with Crippen LogP contribution in [0.5, 0.6) is 0 Å². The molecule has 2 fully saturated rings. The Kier molecular flexibility index (Phi) is 3.59. The van der Waals surface area contributed by atoms with Crippen LogP contribution in [-0.2, 0) is 19.1 Å². The molecule has 2 unspecified atom stereocenters. The molecule has 6 heteroatoms. The van der Waals surface area contributed by atoms with Gasteiger partial charge in [0.05, 0.1) is 13.2 Å². The second kappa shape index (κ2) is 5.03. The molecule has 1 amide bonds. The lowest BCUT2D eigenvalue weighted by molar-refractivity contribution is -0.152. The summed E-state index contributed by atoms with van der Waals surface area (Å²) < 4.78 is 9.81. The van der Waals surface area contributed by atoms with E-state index in [0.717, 1.165) is 0 Å². The molecule has 6 nitrogen and oxygen atoms in total. The van der Waals surface area contributed by atoms with Gasteiger partial charge in [0.15, 0.2) is 11.3 Å². The maximum atomic E-state index is 12.1. The van der Waals surface area contributed by atoms with Crippen molar-refractivity contribution in [2.45, 2.75) is 37.8 Å². The van der Waals surface area contributed by atoms with Gasteiger partial charge in [0.2, 0.25) is 0 Å². The van der Waals surface area contributed by atoms with E-state index in [9.17, 15) is 14.4 Å². The van der Waals surface area contributed by atoms with Crippen LogP contribution in [0.3, 0.4) is 0 Å². The number of Topliss-reactive ketones (excluding diaryl/α,β-unsaturated/α-hetero) is 1. The lowest BCUT2D eigenvalue weighted by Crippen LogP contribution is -2.51. The van der Waals surface area contributed by atoms with Crippen molar-refractivity contribution in [3.8, 4) is 0 Å². The number of esters is 1. The highest BCUT2D eigenvalue weighted by Crippen LogP contribution is 2.45. The fraction of sp³-hybridized carbons (Fsp3) is 0.615. The molecule has 0 N–H and O–H groups in total. The highest BCUT2D eigenvalue weighted by molar-refractivity contribution is 6.02. The first-order chi connectivity index (χ1) is 9.06. The van der Waals surface area contributed by atoms with Crippen molar-refractivity contribution in [1.29, 1.82) is 0 Å². The van der Waals surface area contributed by atoms with E-state index >= 15 is 0 Å². The highest BCUT2D eigenvalue weighted by atomic mass is 16.6. The first-order valence-electron chi connectivity index (χ1n) is 6.25. The minimum absolute atomic E-state index is 0.0308. The van der Waals surface area contributed by atoms with Crippen LogP contribution in [0.2, 0.25) is 0 Å². The van der Waals surface area contributed by atoms with E-state index in [2.05, 4.69) is 0 Å². The van der Waals surface area contributed by atoms with E-state index in [1.54, 1.807) is 12.2 Å². The van der Waals surface area contributed by atoms with Crippen LogP contribution >= 0.6 is 0 Å². The summed E-state index contributed by atoms with van der Waals surface area (Å²) in [6, 6.07) is -0.544. The minimum atomic E-state index is -1.15. The van der Waals surface area contributed by atoms with Crippen LogP contribution in [-0.4, -0.2) is 48.0 Å². The monoisotopic (exact) mass is 267 g/mol. The lowest BCUT2D eigenvalue weighted by atomic mass is 9.87. The molecule has 0 saturated carbocycles. The first-order valence-corrected chi connectivity index (χ1v) is 6.25. The van der Waals surface area contributed by atoms with Crippen LogP contribution in [0.4, 0.5) is 4.79 Å². The van der Waals surface area contributed by atoms with E-state index in [-0.39, 0.29) is 18.8 Å². The Morgan fingerprint density at radius 2 is 2.26 bits per heavy atom. The molecule has 0 aromatic rings. The Morgan fingerprint density at radius 3 is 2.84 bits per heavy atom. The Balaban J connectivity index is 2.20. The van der Waals surface area contributed by atoms with Gasteiger partial charge in [0, 0.05) is 6.42 Å². The fourth-order valence-electron chi connectivity index (χ4n) is 2.86. The third-order valence-corrected chi connectivity index (χ3v) is 3.74. The van der Waals surface area contributed by atoms with Crippen LogP contribution < -0.4 is 0 Å². The van der Waals surface area contributed by atoms with Crippen molar-refractivity contribution >= 4 is 17.8 Å². The number of ketones is 1. The number of ether oxygens (including phenoxy) is 2. The standard InChI is InChI=1S/C13H17NO5/c1-3-4-7-19-12(17)14-9-5-6-13(14,8-10(9)15)11(16)18-2/h3-4,9H,5-8H2,1-2H3/b4-3+. The molecule has 2 saturated heterocycles. The van der Waals surface area contributed by atoms with Crippen LogP contribution in [0.25, 0.3) is 0 Å². The number of allylic oxidation sites excluding steroid dienone is 1. The van der Waals surface area contributed by atoms with Gasteiger partial charge in [-0.15, -0.1) is 0 Å². The zero-order valence-corrected chi connectivity index (χ0v) is 11.0. The molecule has 0 aromatic heterocycles. The van der Waals surface area contributed by atoms with Crippen molar-refractivity contribution in [3.05, 3.63) is 12.2 Å². The average molecular weight is 267 g/mol. The summed E-state index contributed by atoms with van der Waals surface area (Å²) in [6.45, 7) is 1.94. The predicted molar refractivity (Wildman–Crippen MR) is 65.4 cm³/mol. The zero-order chi connectivity index (χ0) is 14.0. The molecule has 19 heavy (non-hydrogen) atoms. The summed E-state index contributed by atoms with van der Waals surface area (Å²) in [7, 11) is 1.26. The summed E-state index contributed by atoms with van der Waals surface area (Å²) in [5, 5.41) is 0. The molecular formula is C13H17NO5. The molecule has 2 atom stereocenters. The summed E-state index contributed by atoms with van der Waals surface area (Å²) in [4.78, 5) is 37.1. The molecule has 2 rings (SSSR count). The van der Waals surface area contributed by atoms with E-state index in [1.165, 1.54) is 12.0 Å². The van der Waals surface area contributed by atoms with Gasteiger partial charge < -0.3 is 9.47 Å². The Labute approximate surface area is 111 Å². The molecule has 2 bridgehead atoms. The molecule has 0 aromatic carbocycles. The smallest absolute Gasteiger partial charge is 0.411 e. The molecule has 104 valence electrons. The number of carbonyl (C=O) groups is 3. The van der Waals surface area contributed by atoms with E-state index in [0.29, 0.717) is 12.8 Å².